The lowest BCUT2D eigenvalue weighted by Crippen LogP contribution is -2.32. The monoisotopic (exact) mass is 277 g/mol. The zero-order valence-corrected chi connectivity index (χ0v) is 12.4. The number of carbonyl (C=O) groups excluding carboxylic acids is 2. The third-order valence-corrected chi connectivity index (χ3v) is 3.19. The van der Waals surface area contributed by atoms with E-state index in [-0.39, 0.29) is 24.2 Å². The van der Waals surface area contributed by atoms with Crippen LogP contribution in [0.1, 0.15) is 38.7 Å². The third kappa shape index (κ3) is 5.38. The Balaban J connectivity index is 2.30. The fourth-order valence-corrected chi connectivity index (χ4v) is 1.85. The number of nitrogens with zero attached hydrogens (tertiary/aromatic N) is 1. The Morgan fingerprint density at radius 2 is 1.95 bits per heavy atom. The summed E-state index contributed by atoms with van der Waals surface area (Å²) in [6.07, 6.45) is 3.59. The lowest BCUT2D eigenvalue weighted by molar-refractivity contribution is -0.125. The molecule has 0 saturated carbocycles. The van der Waals surface area contributed by atoms with Crippen molar-refractivity contribution in [2.45, 2.75) is 40.0 Å². The Labute approximate surface area is 120 Å². The molecule has 0 aromatic carbocycles. The molecule has 1 aromatic rings. The van der Waals surface area contributed by atoms with Gasteiger partial charge in [0.05, 0.1) is 0 Å². The maximum absolute atomic E-state index is 11.7. The van der Waals surface area contributed by atoms with E-state index in [9.17, 15) is 9.59 Å². The van der Waals surface area contributed by atoms with Gasteiger partial charge in [-0.3, -0.25) is 9.59 Å². The average Bonchev–Trinajstić information content (AvgIpc) is 2.43. The molecule has 1 heterocycles. The van der Waals surface area contributed by atoms with Crippen molar-refractivity contribution >= 4 is 17.6 Å². The van der Waals surface area contributed by atoms with Crippen LogP contribution in [0.15, 0.2) is 18.3 Å². The smallest absolute Gasteiger partial charge is 0.227 e. The van der Waals surface area contributed by atoms with Crippen molar-refractivity contribution in [3.63, 3.8) is 0 Å². The molecule has 0 bridgehead atoms. The quantitative estimate of drug-likeness (QED) is 0.803. The molecule has 0 spiro atoms. The fourth-order valence-electron chi connectivity index (χ4n) is 1.85. The highest BCUT2D eigenvalue weighted by Gasteiger charge is 2.13. The van der Waals surface area contributed by atoms with E-state index < -0.39 is 0 Å². The van der Waals surface area contributed by atoms with Gasteiger partial charge in [0.15, 0.2) is 0 Å². The maximum Gasteiger partial charge on any atom is 0.227 e. The minimum atomic E-state index is -0.147. The minimum Gasteiger partial charge on any atom is -0.355 e. The molecule has 0 aliphatic carbocycles. The Bertz CT molecular complexity index is 439. The van der Waals surface area contributed by atoms with Gasteiger partial charge in [0, 0.05) is 25.1 Å². The SMILES string of the molecule is CCC(CC)C(=O)NCCC(=O)Nc1ccc(C)cn1. The molecule has 20 heavy (non-hydrogen) atoms. The van der Waals surface area contributed by atoms with Gasteiger partial charge in [0.25, 0.3) is 0 Å². The van der Waals surface area contributed by atoms with E-state index in [4.69, 9.17) is 0 Å². The van der Waals surface area contributed by atoms with Crippen molar-refractivity contribution in [2.75, 3.05) is 11.9 Å². The predicted molar refractivity (Wildman–Crippen MR) is 79.3 cm³/mol. The van der Waals surface area contributed by atoms with Crippen molar-refractivity contribution < 1.29 is 9.59 Å². The number of amides is 2. The molecule has 0 atom stereocenters. The number of carbonyl (C=O) groups is 2. The van der Waals surface area contributed by atoms with Crippen LogP contribution in [-0.4, -0.2) is 23.3 Å². The number of rotatable bonds is 7. The first kappa shape index (κ1) is 16.1. The van der Waals surface area contributed by atoms with Crippen LogP contribution in [0, 0.1) is 12.8 Å². The zero-order valence-electron chi connectivity index (χ0n) is 12.4. The first-order valence-corrected chi connectivity index (χ1v) is 7.07. The summed E-state index contributed by atoms with van der Waals surface area (Å²) >= 11 is 0. The summed E-state index contributed by atoms with van der Waals surface area (Å²) in [7, 11) is 0. The van der Waals surface area contributed by atoms with Gasteiger partial charge in [-0.05, 0) is 31.4 Å². The van der Waals surface area contributed by atoms with Crippen molar-refractivity contribution in [3.8, 4) is 0 Å². The molecule has 0 aliphatic heterocycles. The van der Waals surface area contributed by atoms with Crippen LogP contribution >= 0.6 is 0 Å². The summed E-state index contributed by atoms with van der Waals surface area (Å²) in [5.41, 5.74) is 1.04. The largest absolute Gasteiger partial charge is 0.355 e. The van der Waals surface area contributed by atoms with Crippen molar-refractivity contribution in [2.24, 2.45) is 5.92 Å². The summed E-state index contributed by atoms with van der Waals surface area (Å²) in [5, 5.41) is 5.49. The molecule has 5 heteroatoms. The molecule has 110 valence electrons. The molecule has 0 radical (unpaired) electrons. The zero-order chi connectivity index (χ0) is 15.0. The summed E-state index contributed by atoms with van der Waals surface area (Å²) in [4.78, 5) is 27.5. The molecule has 0 fully saturated rings. The average molecular weight is 277 g/mol. The molecular weight excluding hydrogens is 254 g/mol. The Kier molecular flexibility index (Phi) is 6.70. The van der Waals surface area contributed by atoms with Crippen LogP contribution in [0.5, 0.6) is 0 Å². The van der Waals surface area contributed by atoms with E-state index in [1.165, 1.54) is 0 Å². The first-order valence-electron chi connectivity index (χ1n) is 7.07. The summed E-state index contributed by atoms with van der Waals surface area (Å²) in [6.45, 7) is 6.27. The van der Waals surface area contributed by atoms with Gasteiger partial charge in [0.1, 0.15) is 5.82 Å². The highest BCUT2D eigenvalue weighted by Crippen LogP contribution is 2.07. The number of aromatic nitrogens is 1. The van der Waals surface area contributed by atoms with Gasteiger partial charge in [-0.15, -0.1) is 0 Å². The lowest BCUT2D eigenvalue weighted by atomic mass is 10.0. The Hall–Kier alpha value is -1.91. The van der Waals surface area contributed by atoms with Crippen LogP contribution < -0.4 is 10.6 Å². The van der Waals surface area contributed by atoms with Gasteiger partial charge in [-0.25, -0.2) is 4.98 Å². The molecule has 2 N–H and O–H groups in total. The topological polar surface area (TPSA) is 71.1 Å². The van der Waals surface area contributed by atoms with Crippen LogP contribution in [0.4, 0.5) is 5.82 Å². The third-order valence-electron chi connectivity index (χ3n) is 3.19. The molecule has 0 aliphatic rings. The normalized spacial score (nSPS) is 10.4. The van der Waals surface area contributed by atoms with Crippen LogP contribution in [0.25, 0.3) is 0 Å². The number of hydrogen-bond acceptors (Lipinski definition) is 3. The van der Waals surface area contributed by atoms with Gasteiger partial charge >= 0.3 is 0 Å². The summed E-state index contributed by atoms with van der Waals surface area (Å²) < 4.78 is 0. The maximum atomic E-state index is 11.7. The standard InChI is InChI=1S/C15H23N3O2/c1-4-12(5-2)15(20)16-9-8-14(19)18-13-7-6-11(3)10-17-13/h6-7,10,12H,4-5,8-9H2,1-3H3,(H,16,20)(H,17,18,19). The number of aryl methyl sites for hydroxylation is 1. The van der Waals surface area contributed by atoms with E-state index in [1.807, 2.05) is 26.8 Å². The predicted octanol–water partition coefficient (Wildman–Crippen LogP) is 2.27. The molecule has 0 unspecified atom stereocenters. The Morgan fingerprint density at radius 1 is 1.25 bits per heavy atom. The van der Waals surface area contributed by atoms with Gasteiger partial charge < -0.3 is 10.6 Å². The number of nitrogens with one attached hydrogen (secondary N) is 2. The highest BCUT2D eigenvalue weighted by molar-refractivity contribution is 5.90. The van der Waals surface area contributed by atoms with E-state index in [0.717, 1.165) is 18.4 Å². The minimum absolute atomic E-state index is 0.0243. The van der Waals surface area contributed by atoms with E-state index >= 15 is 0 Å². The van der Waals surface area contributed by atoms with Crippen molar-refractivity contribution in [1.82, 2.24) is 10.3 Å². The summed E-state index contributed by atoms with van der Waals surface area (Å²) in [6, 6.07) is 3.65. The van der Waals surface area contributed by atoms with Crippen molar-refractivity contribution in [3.05, 3.63) is 23.9 Å². The van der Waals surface area contributed by atoms with E-state index in [0.29, 0.717) is 12.4 Å². The Morgan fingerprint density at radius 3 is 2.50 bits per heavy atom. The number of hydrogen-bond donors (Lipinski definition) is 2. The molecular formula is C15H23N3O2. The molecule has 0 saturated heterocycles. The van der Waals surface area contributed by atoms with E-state index in [1.54, 1.807) is 12.3 Å². The highest BCUT2D eigenvalue weighted by atomic mass is 16.2. The van der Waals surface area contributed by atoms with Crippen LogP contribution in [0.3, 0.4) is 0 Å². The van der Waals surface area contributed by atoms with Crippen molar-refractivity contribution in [1.29, 1.82) is 0 Å². The number of pyridine rings is 1. The second kappa shape index (κ2) is 8.30. The lowest BCUT2D eigenvalue weighted by Gasteiger charge is -2.12. The fraction of sp³-hybridized carbons (Fsp3) is 0.533. The molecule has 1 aromatic heterocycles. The molecule has 1 rings (SSSR count). The molecule has 2 amide bonds. The van der Waals surface area contributed by atoms with Gasteiger partial charge in [-0.2, -0.15) is 0 Å². The second-order valence-electron chi connectivity index (χ2n) is 4.82. The van der Waals surface area contributed by atoms with Crippen LogP contribution in [0.2, 0.25) is 0 Å². The number of anilines is 1. The second-order valence-corrected chi connectivity index (χ2v) is 4.82. The summed E-state index contributed by atoms with van der Waals surface area (Å²) in [5.74, 6) is 0.450. The van der Waals surface area contributed by atoms with Crippen LogP contribution in [-0.2, 0) is 9.59 Å². The first-order chi connectivity index (χ1) is 9.56. The van der Waals surface area contributed by atoms with Gasteiger partial charge in [-0.1, -0.05) is 19.9 Å². The molecule has 5 nitrogen and oxygen atoms in total. The van der Waals surface area contributed by atoms with E-state index in [2.05, 4.69) is 15.6 Å². The van der Waals surface area contributed by atoms with Gasteiger partial charge in [0.2, 0.25) is 11.8 Å².